The molecule has 4 rings (SSSR count). The standard InChI is InChI=1S/C21H16ClNO2PS/c1-23-20-8-4-2-6-17(20)19(18-7-3-5-9-21(18)23)14-25-26(24)27-16-12-10-15(22)11-13-16/h2-14H,1H3/q+1. The Morgan fingerprint density at radius 2 is 1.48 bits per heavy atom. The number of nitrogens with zero attached hydrogens (tertiary/aromatic N) is 1. The van der Waals surface area contributed by atoms with Crippen molar-refractivity contribution in [3.8, 4) is 0 Å². The second-order valence-electron chi connectivity index (χ2n) is 6.00. The molecule has 0 aliphatic carbocycles. The van der Waals surface area contributed by atoms with Gasteiger partial charge in [-0.3, -0.25) is 4.52 Å². The van der Waals surface area contributed by atoms with Gasteiger partial charge in [-0.1, -0.05) is 48.0 Å². The van der Waals surface area contributed by atoms with Crippen molar-refractivity contribution in [1.82, 2.24) is 0 Å². The summed E-state index contributed by atoms with van der Waals surface area (Å²) in [5.74, 6) is 0. The lowest BCUT2D eigenvalue weighted by atomic mass is 9.91. The van der Waals surface area contributed by atoms with E-state index in [2.05, 4.69) is 29.2 Å². The van der Waals surface area contributed by atoms with Crippen LogP contribution in [0.5, 0.6) is 0 Å². The molecule has 1 aliphatic rings. The number of rotatable bonds is 4. The monoisotopic (exact) mass is 412 g/mol. The molecule has 1 aliphatic heterocycles. The molecule has 1 unspecified atom stereocenters. The minimum absolute atomic E-state index is 0.650. The Kier molecular flexibility index (Phi) is 5.22. The third-order valence-electron chi connectivity index (χ3n) is 4.36. The average molecular weight is 413 g/mol. The van der Waals surface area contributed by atoms with Crippen molar-refractivity contribution < 1.29 is 9.09 Å². The van der Waals surface area contributed by atoms with Crippen molar-refractivity contribution in [2.45, 2.75) is 4.90 Å². The van der Waals surface area contributed by atoms with Crippen LogP contribution in [0.1, 0.15) is 11.1 Å². The Balaban J connectivity index is 1.64. The zero-order valence-corrected chi connectivity index (χ0v) is 17.0. The first-order valence-corrected chi connectivity index (χ1v) is 11.3. The maximum Gasteiger partial charge on any atom is 0.639 e. The molecule has 0 radical (unpaired) electrons. The number of anilines is 2. The Morgan fingerprint density at radius 1 is 0.926 bits per heavy atom. The summed E-state index contributed by atoms with van der Waals surface area (Å²) >= 11 is 7.07. The number of hydrogen-bond donors (Lipinski definition) is 0. The second-order valence-corrected chi connectivity index (χ2v) is 9.19. The predicted octanol–water partition coefficient (Wildman–Crippen LogP) is 7.28. The molecule has 3 aromatic rings. The highest BCUT2D eigenvalue weighted by Crippen LogP contribution is 2.48. The molecule has 1 atom stereocenters. The topological polar surface area (TPSA) is 29.5 Å². The van der Waals surface area contributed by atoms with Gasteiger partial charge in [-0.25, -0.2) is 0 Å². The smallest absolute Gasteiger partial charge is 0.344 e. The number of para-hydroxylation sites is 2. The molecule has 6 heteroatoms. The molecule has 0 fully saturated rings. The van der Waals surface area contributed by atoms with Gasteiger partial charge in [0.25, 0.3) is 0 Å². The van der Waals surface area contributed by atoms with Crippen molar-refractivity contribution in [1.29, 1.82) is 0 Å². The maximum absolute atomic E-state index is 12.4. The fourth-order valence-electron chi connectivity index (χ4n) is 3.09. The number of halogens is 1. The first kappa shape index (κ1) is 18.1. The Bertz CT molecular complexity index is 987. The minimum atomic E-state index is -1.95. The van der Waals surface area contributed by atoms with Crippen molar-refractivity contribution >= 4 is 47.2 Å². The van der Waals surface area contributed by atoms with Crippen LogP contribution in [0.25, 0.3) is 5.57 Å². The van der Waals surface area contributed by atoms with Crippen LogP contribution in [0.2, 0.25) is 5.02 Å². The van der Waals surface area contributed by atoms with E-state index in [1.165, 1.54) is 11.4 Å². The van der Waals surface area contributed by atoms with Crippen LogP contribution in [0.15, 0.2) is 84.0 Å². The molecular formula is C21H16ClNO2PS+. The lowest BCUT2D eigenvalue weighted by Gasteiger charge is -2.31. The summed E-state index contributed by atoms with van der Waals surface area (Å²) in [4.78, 5) is 3.01. The summed E-state index contributed by atoms with van der Waals surface area (Å²) in [6.07, 6.45) is 1.62. The Hall–Kier alpha value is -2.26. The van der Waals surface area contributed by atoms with Crippen LogP contribution in [-0.2, 0) is 9.09 Å². The quantitative estimate of drug-likeness (QED) is 0.332. The fourth-order valence-corrected chi connectivity index (χ4v) is 5.02. The van der Waals surface area contributed by atoms with Gasteiger partial charge < -0.3 is 4.90 Å². The summed E-state index contributed by atoms with van der Waals surface area (Å²) in [6.45, 7) is 0. The van der Waals surface area contributed by atoms with Crippen molar-refractivity contribution in [2.75, 3.05) is 11.9 Å². The molecule has 0 bridgehead atoms. The highest BCUT2D eigenvalue weighted by Gasteiger charge is 2.27. The maximum atomic E-state index is 12.4. The van der Waals surface area contributed by atoms with Gasteiger partial charge in [0.1, 0.15) is 0 Å². The zero-order valence-electron chi connectivity index (χ0n) is 14.5. The van der Waals surface area contributed by atoms with Crippen LogP contribution >= 0.6 is 30.2 Å². The van der Waals surface area contributed by atoms with Crippen LogP contribution in [0.4, 0.5) is 11.4 Å². The van der Waals surface area contributed by atoms with E-state index in [9.17, 15) is 4.57 Å². The van der Waals surface area contributed by atoms with E-state index in [1.807, 2.05) is 43.4 Å². The van der Waals surface area contributed by atoms with Crippen LogP contribution < -0.4 is 4.90 Å². The van der Waals surface area contributed by atoms with Gasteiger partial charge in [0.2, 0.25) is 11.4 Å². The SMILES string of the molecule is CN1c2ccccc2C(=CO[P+](=O)Sc2ccc(Cl)cc2)c2ccccc21. The summed E-state index contributed by atoms with van der Waals surface area (Å²) in [5, 5.41) is 0.650. The Morgan fingerprint density at radius 3 is 2.07 bits per heavy atom. The number of hydrogen-bond acceptors (Lipinski definition) is 4. The molecule has 1 heterocycles. The molecule has 0 N–H and O–H groups in total. The van der Waals surface area contributed by atoms with Gasteiger partial charge in [-0.05, 0) is 41.0 Å². The van der Waals surface area contributed by atoms with E-state index in [0.29, 0.717) is 5.02 Å². The van der Waals surface area contributed by atoms with E-state index >= 15 is 0 Å². The fraction of sp³-hybridized carbons (Fsp3) is 0.0476. The van der Waals surface area contributed by atoms with Gasteiger partial charge in [0.15, 0.2) is 6.26 Å². The van der Waals surface area contributed by atoms with Crippen LogP contribution in [0.3, 0.4) is 0 Å². The van der Waals surface area contributed by atoms with Gasteiger partial charge >= 0.3 is 7.23 Å². The van der Waals surface area contributed by atoms with E-state index in [4.69, 9.17) is 16.1 Å². The highest BCUT2D eigenvalue weighted by atomic mass is 35.5. The zero-order chi connectivity index (χ0) is 18.8. The van der Waals surface area contributed by atoms with Crippen molar-refractivity contribution in [3.05, 3.63) is 95.2 Å². The molecule has 0 aromatic heterocycles. The summed E-state index contributed by atoms with van der Waals surface area (Å²) < 4.78 is 18.1. The number of benzene rings is 3. The molecule has 0 saturated carbocycles. The third kappa shape index (κ3) is 3.74. The summed E-state index contributed by atoms with van der Waals surface area (Å²) in [6, 6.07) is 23.5. The van der Waals surface area contributed by atoms with E-state index < -0.39 is 7.23 Å². The van der Waals surface area contributed by atoms with E-state index in [0.717, 1.165) is 33.0 Å². The average Bonchev–Trinajstić information content (AvgIpc) is 2.70. The molecule has 0 saturated heterocycles. The van der Waals surface area contributed by atoms with Crippen molar-refractivity contribution in [2.24, 2.45) is 0 Å². The summed E-state index contributed by atoms with van der Waals surface area (Å²) in [7, 11) is 0.100. The van der Waals surface area contributed by atoms with Gasteiger partial charge in [0.05, 0.1) is 4.90 Å². The molecule has 3 nitrogen and oxygen atoms in total. The molecule has 0 amide bonds. The molecule has 27 heavy (non-hydrogen) atoms. The molecular weight excluding hydrogens is 397 g/mol. The van der Waals surface area contributed by atoms with Crippen molar-refractivity contribution in [3.63, 3.8) is 0 Å². The number of fused-ring (bicyclic) bond motifs is 2. The van der Waals surface area contributed by atoms with Crippen LogP contribution in [0, 0.1) is 0 Å². The summed E-state index contributed by atoms with van der Waals surface area (Å²) in [5.41, 5.74) is 5.22. The van der Waals surface area contributed by atoms with Gasteiger partial charge in [-0.15, -0.1) is 0 Å². The highest BCUT2D eigenvalue weighted by molar-refractivity contribution is 8.50. The molecule has 134 valence electrons. The largest absolute Gasteiger partial charge is 0.639 e. The van der Waals surface area contributed by atoms with Gasteiger partial charge in [0, 0.05) is 40.1 Å². The van der Waals surface area contributed by atoms with Gasteiger partial charge in [-0.2, -0.15) is 0 Å². The lowest BCUT2D eigenvalue weighted by molar-refractivity contribution is 0.480. The second kappa shape index (κ2) is 7.77. The minimum Gasteiger partial charge on any atom is -0.344 e. The van der Waals surface area contributed by atoms with E-state index in [-0.39, 0.29) is 0 Å². The molecule has 0 spiro atoms. The first-order valence-electron chi connectivity index (χ1n) is 8.34. The lowest BCUT2D eigenvalue weighted by Crippen LogP contribution is -2.17. The molecule has 3 aromatic carbocycles. The Labute approximate surface area is 168 Å². The predicted molar refractivity (Wildman–Crippen MR) is 114 cm³/mol. The normalized spacial score (nSPS) is 12.9. The third-order valence-corrected chi connectivity index (χ3v) is 6.86. The van der Waals surface area contributed by atoms with Crippen LogP contribution in [-0.4, -0.2) is 7.05 Å². The first-order chi connectivity index (χ1) is 13.1. The van der Waals surface area contributed by atoms with E-state index in [1.54, 1.807) is 18.4 Å².